The molecule has 0 atom stereocenters. The SMILES string of the molecule is CCN(C(=O)C1(C(=O)Nc2cc(C)cc(C)c2)CC1)c1ccccc1. The summed E-state index contributed by atoms with van der Waals surface area (Å²) in [6.07, 6.45) is 1.21. The average molecular weight is 336 g/mol. The summed E-state index contributed by atoms with van der Waals surface area (Å²) in [6, 6.07) is 15.4. The van der Waals surface area contributed by atoms with Crippen LogP contribution < -0.4 is 10.2 Å². The van der Waals surface area contributed by atoms with Crippen molar-refractivity contribution in [1.82, 2.24) is 0 Å². The summed E-state index contributed by atoms with van der Waals surface area (Å²) in [5, 5.41) is 2.95. The molecular formula is C21H24N2O2. The van der Waals surface area contributed by atoms with Gasteiger partial charge < -0.3 is 10.2 Å². The summed E-state index contributed by atoms with van der Waals surface area (Å²) >= 11 is 0. The number of nitrogens with one attached hydrogen (secondary N) is 1. The number of carbonyl (C=O) groups excluding carboxylic acids is 2. The van der Waals surface area contributed by atoms with Crippen LogP contribution in [0.5, 0.6) is 0 Å². The van der Waals surface area contributed by atoms with Crippen LogP contribution in [0.25, 0.3) is 0 Å². The van der Waals surface area contributed by atoms with Crippen molar-refractivity contribution in [3.63, 3.8) is 0 Å². The summed E-state index contributed by atoms with van der Waals surface area (Å²) in [5.74, 6) is -0.306. The molecule has 1 aliphatic rings. The number of para-hydroxylation sites is 1. The Morgan fingerprint density at radius 3 is 2.16 bits per heavy atom. The number of amides is 2. The second kappa shape index (κ2) is 6.71. The van der Waals surface area contributed by atoms with Crippen LogP contribution in [0.15, 0.2) is 48.5 Å². The van der Waals surface area contributed by atoms with E-state index in [1.54, 1.807) is 4.90 Å². The standard InChI is InChI=1S/C21H24N2O2/c1-4-23(18-8-6-5-7-9-18)20(25)21(10-11-21)19(24)22-17-13-15(2)12-16(3)14-17/h5-9,12-14H,4,10-11H2,1-3H3,(H,22,24). The molecule has 0 heterocycles. The Bertz CT molecular complexity index is 775. The van der Waals surface area contributed by atoms with Crippen molar-refractivity contribution in [2.75, 3.05) is 16.8 Å². The van der Waals surface area contributed by atoms with Crippen molar-refractivity contribution >= 4 is 23.2 Å². The van der Waals surface area contributed by atoms with Gasteiger partial charge >= 0.3 is 0 Å². The van der Waals surface area contributed by atoms with Crippen molar-refractivity contribution < 1.29 is 9.59 Å². The lowest BCUT2D eigenvalue weighted by Crippen LogP contribution is -2.43. The van der Waals surface area contributed by atoms with Gasteiger partial charge in [-0.2, -0.15) is 0 Å². The molecule has 1 saturated carbocycles. The van der Waals surface area contributed by atoms with Crippen LogP contribution in [0.2, 0.25) is 0 Å². The molecule has 3 rings (SSSR count). The van der Waals surface area contributed by atoms with Gasteiger partial charge in [0, 0.05) is 17.9 Å². The Morgan fingerprint density at radius 2 is 1.64 bits per heavy atom. The van der Waals surface area contributed by atoms with Crippen molar-refractivity contribution in [1.29, 1.82) is 0 Å². The maximum atomic E-state index is 13.1. The first-order chi connectivity index (χ1) is 12.0. The second-order valence-corrected chi connectivity index (χ2v) is 6.80. The number of benzene rings is 2. The summed E-state index contributed by atoms with van der Waals surface area (Å²) < 4.78 is 0. The highest BCUT2D eigenvalue weighted by Gasteiger charge is 2.58. The fourth-order valence-corrected chi connectivity index (χ4v) is 3.27. The highest BCUT2D eigenvalue weighted by Crippen LogP contribution is 2.48. The van der Waals surface area contributed by atoms with Gasteiger partial charge in [-0.3, -0.25) is 9.59 Å². The maximum Gasteiger partial charge on any atom is 0.242 e. The number of rotatable bonds is 5. The minimum atomic E-state index is -0.927. The fourth-order valence-electron chi connectivity index (χ4n) is 3.27. The third kappa shape index (κ3) is 3.43. The van der Waals surface area contributed by atoms with E-state index >= 15 is 0 Å². The Balaban J connectivity index is 1.80. The first kappa shape index (κ1) is 17.2. The van der Waals surface area contributed by atoms with E-state index in [1.807, 2.05) is 63.2 Å². The monoisotopic (exact) mass is 336 g/mol. The van der Waals surface area contributed by atoms with E-state index in [1.165, 1.54) is 0 Å². The van der Waals surface area contributed by atoms with E-state index < -0.39 is 5.41 Å². The molecule has 25 heavy (non-hydrogen) atoms. The van der Waals surface area contributed by atoms with Crippen LogP contribution >= 0.6 is 0 Å². The molecule has 1 aliphatic carbocycles. The number of anilines is 2. The molecule has 1 N–H and O–H groups in total. The quantitative estimate of drug-likeness (QED) is 0.837. The zero-order valence-corrected chi connectivity index (χ0v) is 15.0. The summed E-state index contributed by atoms with van der Waals surface area (Å²) in [7, 11) is 0. The zero-order valence-electron chi connectivity index (χ0n) is 15.0. The van der Waals surface area contributed by atoms with Crippen LogP contribution in [-0.2, 0) is 9.59 Å². The Labute approximate surface area is 148 Å². The third-order valence-electron chi connectivity index (χ3n) is 4.70. The average Bonchev–Trinajstić information content (AvgIpc) is 3.37. The van der Waals surface area contributed by atoms with E-state index in [-0.39, 0.29) is 11.8 Å². The number of aryl methyl sites for hydroxylation is 2. The van der Waals surface area contributed by atoms with Gasteiger partial charge in [0.1, 0.15) is 5.41 Å². The molecule has 0 aliphatic heterocycles. The van der Waals surface area contributed by atoms with Crippen molar-refractivity contribution in [2.24, 2.45) is 5.41 Å². The molecule has 0 radical (unpaired) electrons. The Kier molecular flexibility index (Phi) is 4.62. The van der Waals surface area contributed by atoms with Gasteiger partial charge in [-0.1, -0.05) is 24.3 Å². The molecule has 1 fully saturated rings. The lowest BCUT2D eigenvalue weighted by Gasteiger charge is -2.26. The highest BCUT2D eigenvalue weighted by molar-refractivity contribution is 6.17. The molecule has 4 heteroatoms. The predicted octanol–water partition coefficient (Wildman–Crippen LogP) is 4.08. The summed E-state index contributed by atoms with van der Waals surface area (Å²) in [6.45, 7) is 6.47. The predicted molar refractivity (Wildman–Crippen MR) is 101 cm³/mol. The lowest BCUT2D eigenvalue weighted by atomic mass is 10.0. The van der Waals surface area contributed by atoms with E-state index in [0.29, 0.717) is 19.4 Å². The highest BCUT2D eigenvalue weighted by atomic mass is 16.2. The van der Waals surface area contributed by atoms with E-state index in [2.05, 4.69) is 11.4 Å². The van der Waals surface area contributed by atoms with Gasteiger partial charge in [-0.15, -0.1) is 0 Å². The van der Waals surface area contributed by atoms with Gasteiger partial charge in [0.2, 0.25) is 11.8 Å². The summed E-state index contributed by atoms with van der Waals surface area (Å²) in [5.41, 5.74) is 2.84. The minimum Gasteiger partial charge on any atom is -0.325 e. The van der Waals surface area contributed by atoms with Gasteiger partial charge in [-0.25, -0.2) is 0 Å². The van der Waals surface area contributed by atoms with E-state index in [9.17, 15) is 9.59 Å². The number of hydrogen-bond acceptors (Lipinski definition) is 2. The van der Waals surface area contributed by atoms with Crippen LogP contribution in [-0.4, -0.2) is 18.4 Å². The third-order valence-corrected chi connectivity index (χ3v) is 4.70. The minimum absolute atomic E-state index is 0.108. The fraction of sp³-hybridized carbons (Fsp3) is 0.333. The molecule has 130 valence electrons. The normalized spacial score (nSPS) is 14.7. The van der Waals surface area contributed by atoms with Gasteiger partial charge in [-0.05, 0) is 69.0 Å². The second-order valence-electron chi connectivity index (χ2n) is 6.80. The van der Waals surface area contributed by atoms with Crippen molar-refractivity contribution in [3.8, 4) is 0 Å². The topological polar surface area (TPSA) is 49.4 Å². The maximum absolute atomic E-state index is 13.1. The Morgan fingerprint density at radius 1 is 1.04 bits per heavy atom. The van der Waals surface area contributed by atoms with E-state index in [4.69, 9.17) is 0 Å². The molecule has 0 unspecified atom stereocenters. The molecule has 0 saturated heterocycles. The number of carbonyl (C=O) groups is 2. The molecule has 2 aromatic carbocycles. The molecule has 0 spiro atoms. The first-order valence-corrected chi connectivity index (χ1v) is 8.73. The molecule has 2 amide bonds. The van der Waals surface area contributed by atoms with Crippen molar-refractivity contribution in [2.45, 2.75) is 33.6 Å². The number of hydrogen-bond donors (Lipinski definition) is 1. The lowest BCUT2D eigenvalue weighted by molar-refractivity contribution is -0.132. The van der Waals surface area contributed by atoms with Gasteiger partial charge in [0.25, 0.3) is 0 Å². The number of nitrogens with zero attached hydrogens (tertiary/aromatic N) is 1. The van der Waals surface area contributed by atoms with Crippen LogP contribution in [0.1, 0.15) is 30.9 Å². The van der Waals surface area contributed by atoms with E-state index in [0.717, 1.165) is 22.5 Å². The smallest absolute Gasteiger partial charge is 0.242 e. The molecular weight excluding hydrogens is 312 g/mol. The van der Waals surface area contributed by atoms with Crippen LogP contribution in [0.4, 0.5) is 11.4 Å². The molecule has 2 aromatic rings. The Hall–Kier alpha value is -2.62. The molecule has 0 aromatic heterocycles. The zero-order chi connectivity index (χ0) is 18.0. The first-order valence-electron chi connectivity index (χ1n) is 8.73. The van der Waals surface area contributed by atoms with Gasteiger partial charge in [0.15, 0.2) is 0 Å². The summed E-state index contributed by atoms with van der Waals surface area (Å²) in [4.78, 5) is 27.6. The largest absolute Gasteiger partial charge is 0.325 e. The van der Waals surface area contributed by atoms with Crippen LogP contribution in [0, 0.1) is 19.3 Å². The molecule has 4 nitrogen and oxygen atoms in total. The van der Waals surface area contributed by atoms with Crippen molar-refractivity contribution in [3.05, 3.63) is 59.7 Å². The molecule has 0 bridgehead atoms. The van der Waals surface area contributed by atoms with Gasteiger partial charge in [0.05, 0.1) is 0 Å². The van der Waals surface area contributed by atoms with Crippen LogP contribution in [0.3, 0.4) is 0 Å².